The molecule has 1 heterocycles. The minimum Gasteiger partial charge on any atom is -0.496 e. The molecular weight excluding hydrogens is 234 g/mol. The van der Waals surface area contributed by atoms with Gasteiger partial charge in [0.15, 0.2) is 0 Å². The minimum atomic E-state index is 0.318. The molecule has 0 fully saturated rings. The lowest BCUT2D eigenvalue weighted by molar-refractivity contribution is 0.407. The molecule has 0 saturated heterocycles. The summed E-state index contributed by atoms with van der Waals surface area (Å²) in [6.45, 7) is 2.20. The van der Waals surface area contributed by atoms with Crippen LogP contribution in [-0.4, -0.2) is 7.11 Å². The van der Waals surface area contributed by atoms with Crippen molar-refractivity contribution in [3.05, 3.63) is 59.2 Å². The zero-order valence-electron chi connectivity index (χ0n) is 11.4. The summed E-state index contributed by atoms with van der Waals surface area (Å²) in [5.41, 5.74) is 5.37. The number of hydrogen-bond acceptors (Lipinski definition) is 2. The van der Waals surface area contributed by atoms with Gasteiger partial charge in [-0.2, -0.15) is 0 Å². The molecule has 2 aromatic carbocycles. The second-order valence-electron chi connectivity index (χ2n) is 4.95. The molecule has 1 unspecified atom stereocenters. The van der Waals surface area contributed by atoms with Gasteiger partial charge in [-0.3, -0.25) is 0 Å². The Morgan fingerprint density at radius 1 is 1.16 bits per heavy atom. The third-order valence-corrected chi connectivity index (χ3v) is 3.87. The lowest BCUT2D eigenvalue weighted by Crippen LogP contribution is -2.07. The van der Waals surface area contributed by atoms with Crippen LogP contribution in [0.15, 0.2) is 42.5 Å². The van der Waals surface area contributed by atoms with Crippen molar-refractivity contribution in [3.63, 3.8) is 0 Å². The fourth-order valence-electron chi connectivity index (χ4n) is 2.89. The lowest BCUT2D eigenvalue weighted by Gasteiger charge is -2.16. The van der Waals surface area contributed by atoms with Crippen molar-refractivity contribution in [1.82, 2.24) is 0 Å². The third kappa shape index (κ3) is 2.07. The zero-order chi connectivity index (χ0) is 13.2. The number of hydrogen-bond donors (Lipinski definition) is 1. The molecule has 1 N–H and O–H groups in total. The largest absolute Gasteiger partial charge is 0.496 e. The van der Waals surface area contributed by atoms with Gasteiger partial charge >= 0.3 is 0 Å². The van der Waals surface area contributed by atoms with Crippen LogP contribution in [0.25, 0.3) is 0 Å². The van der Waals surface area contributed by atoms with Crippen molar-refractivity contribution in [2.24, 2.45) is 0 Å². The topological polar surface area (TPSA) is 21.3 Å². The minimum absolute atomic E-state index is 0.318. The predicted molar refractivity (Wildman–Crippen MR) is 78.9 cm³/mol. The van der Waals surface area contributed by atoms with E-state index in [-0.39, 0.29) is 0 Å². The molecule has 2 aromatic rings. The van der Waals surface area contributed by atoms with Crippen molar-refractivity contribution >= 4 is 5.69 Å². The lowest BCUT2D eigenvalue weighted by atomic mass is 10.0. The average Bonchev–Trinajstić information content (AvgIpc) is 2.90. The Morgan fingerprint density at radius 3 is 2.79 bits per heavy atom. The van der Waals surface area contributed by atoms with Crippen molar-refractivity contribution in [3.8, 4) is 5.75 Å². The van der Waals surface area contributed by atoms with Gasteiger partial charge in [0.2, 0.25) is 0 Å². The Kier molecular flexibility index (Phi) is 3.16. The highest BCUT2D eigenvalue weighted by Gasteiger charge is 2.25. The van der Waals surface area contributed by atoms with Crippen molar-refractivity contribution in [1.29, 1.82) is 0 Å². The molecule has 0 amide bonds. The summed E-state index contributed by atoms with van der Waals surface area (Å²) >= 11 is 0. The van der Waals surface area contributed by atoms with Crippen LogP contribution < -0.4 is 10.1 Å². The fraction of sp³-hybridized carbons (Fsp3) is 0.294. The van der Waals surface area contributed by atoms with Crippen LogP contribution in [0.5, 0.6) is 5.75 Å². The maximum Gasteiger partial charge on any atom is 0.124 e. The van der Waals surface area contributed by atoms with E-state index in [1.165, 1.54) is 22.4 Å². The Hall–Kier alpha value is -1.96. The predicted octanol–water partition coefficient (Wildman–Crippen LogP) is 3.97. The van der Waals surface area contributed by atoms with Crippen LogP contribution in [0.1, 0.15) is 29.7 Å². The van der Waals surface area contributed by atoms with Crippen LogP contribution >= 0.6 is 0 Å². The second kappa shape index (κ2) is 4.96. The van der Waals surface area contributed by atoms with Crippen LogP contribution in [0.3, 0.4) is 0 Å². The molecule has 19 heavy (non-hydrogen) atoms. The van der Waals surface area contributed by atoms with E-state index in [4.69, 9.17) is 4.74 Å². The average molecular weight is 253 g/mol. The second-order valence-corrected chi connectivity index (χ2v) is 4.95. The molecule has 0 aromatic heterocycles. The molecule has 0 bridgehead atoms. The number of benzene rings is 2. The van der Waals surface area contributed by atoms with E-state index in [1.54, 1.807) is 7.11 Å². The van der Waals surface area contributed by atoms with E-state index < -0.39 is 0 Å². The molecule has 2 heteroatoms. The molecule has 2 nitrogen and oxygen atoms in total. The van der Waals surface area contributed by atoms with Gasteiger partial charge in [0.1, 0.15) is 5.75 Å². The smallest absolute Gasteiger partial charge is 0.124 e. The van der Waals surface area contributed by atoms with E-state index in [2.05, 4.69) is 42.6 Å². The standard InChI is InChI=1S/C17H19NO/c1-3-12-7-6-8-13-11-15(18-17(12)13)14-9-4-5-10-16(14)19-2/h4-10,15,18H,3,11H2,1-2H3. The zero-order valence-corrected chi connectivity index (χ0v) is 11.4. The van der Waals surface area contributed by atoms with Gasteiger partial charge in [-0.1, -0.05) is 43.3 Å². The van der Waals surface area contributed by atoms with Gasteiger partial charge in [0.25, 0.3) is 0 Å². The highest BCUT2D eigenvalue weighted by molar-refractivity contribution is 5.64. The molecule has 1 aliphatic heterocycles. The number of rotatable bonds is 3. The molecule has 98 valence electrons. The molecular formula is C17H19NO. The Labute approximate surface area is 114 Å². The summed E-state index contributed by atoms with van der Waals surface area (Å²) in [5.74, 6) is 0.964. The van der Waals surface area contributed by atoms with Crippen molar-refractivity contribution in [2.45, 2.75) is 25.8 Å². The SMILES string of the molecule is CCc1cccc2c1NC(c1ccccc1OC)C2. The Bertz CT molecular complexity index is 592. The van der Waals surface area contributed by atoms with E-state index in [1.807, 2.05) is 12.1 Å². The molecule has 0 aliphatic carbocycles. The van der Waals surface area contributed by atoms with Gasteiger partial charge < -0.3 is 10.1 Å². The number of nitrogens with one attached hydrogen (secondary N) is 1. The number of methoxy groups -OCH3 is 1. The quantitative estimate of drug-likeness (QED) is 0.893. The van der Waals surface area contributed by atoms with Crippen molar-refractivity contribution in [2.75, 3.05) is 12.4 Å². The molecule has 1 aliphatic rings. The number of fused-ring (bicyclic) bond motifs is 1. The van der Waals surface area contributed by atoms with E-state index >= 15 is 0 Å². The number of ether oxygens (including phenoxy) is 1. The first-order valence-electron chi connectivity index (χ1n) is 6.83. The monoisotopic (exact) mass is 253 g/mol. The maximum absolute atomic E-state index is 5.47. The molecule has 1 atom stereocenters. The number of para-hydroxylation sites is 2. The van der Waals surface area contributed by atoms with Gasteiger partial charge in [0, 0.05) is 11.3 Å². The van der Waals surface area contributed by atoms with Crippen molar-refractivity contribution < 1.29 is 4.74 Å². The van der Waals surface area contributed by atoms with Crippen LogP contribution in [0, 0.1) is 0 Å². The molecule has 0 saturated carbocycles. The Morgan fingerprint density at radius 2 is 2.00 bits per heavy atom. The third-order valence-electron chi connectivity index (χ3n) is 3.87. The van der Waals surface area contributed by atoms with Gasteiger partial charge in [0.05, 0.1) is 13.2 Å². The highest BCUT2D eigenvalue weighted by atomic mass is 16.5. The van der Waals surface area contributed by atoms with Gasteiger partial charge in [-0.25, -0.2) is 0 Å². The maximum atomic E-state index is 5.47. The first-order chi connectivity index (χ1) is 9.33. The summed E-state index contributed by atoms with van der Waals surface area (Å²) in [6.07, 6.45) is 2.10. The molecule has 0 spiro atoms. The fourth-order valence-corrected chi connectivity index (χ4v) is 2.89. The number of anilines is 1. The summed E-state index contributed by atoms with van der Waals surface area (Å²) in [6, 6.07) is 15.2. The first-order valence-corrected chi connectivity index (χ1v) is 6.83. The van der Waals surface area contributed by atoms with Crippen LogP contribution in [-0.2, 0) is 12.8 Å². The van der Waals surface area contributed by atoms with Crippen LogP contribution in [0.4, 0.5) is 5.69 Å². The summed E-state index contributed by atoms with van der Waals surface area (Å²) in [4.78, 5) is 0. The van der Waals surface area contributed by atoms with Gasteiger partial charge in [-0.05, 0) is 30.0 Å². The van der Waals surface area contributed by atoms with E-state index in [9.17, 15) is 0 Å². The highest BCUT2D eigenvalue weighted by Crippen LogP contribution is 2.39. The molecule has 3 rings (SSSR count). The summed E-state index contributed by atoms with van der Waals surface area (Å²) in [5, 5.41) is 3.66. The summed E-state index contributed by atoms with van der Waals surface area (Å²) in [7, 11) is 1.73. The molecule has 0 radical (unpaired) electrons. The summed E-state index contributed by atoms with van der Waals surface area (Å²) < 4.78 is 5.47. The van der Waals surface area contributed by atoms with Gasteiger partial charge in [-0.15, -0.1) is 0 Å². The van der Waals surface area contributed by atoms with E-state index in [0.717, 1.165) is 18.6 Å². The number of aryl methyl sites for hydroxylation is 1. The first kappa shape index (κ1) is 12.1. The normalized spacial score (nSPS) is 16.8. The van der Waals surface area contributed by atoms with E-state index in [0.29, 0.717) is 6.04 Å². The Balaban J connectivity index is 1.95. The van der Waals surface area contributed by atoms with Crippen LogP contribution in [0.2, 0.25) is 0 Å².